The van der Waals surface area contributed by atoms with E-state index in [4.69, 9.17) is 16.3 Å². The Morgan fingerprint density at radius 1 is 1.06 bits per heavy atom. The molecule has 34 heavy (non-hydrogen) atoms. The van der Waals surface area contributed by atoms with E-state index in [2.05, 4.69) is 47.0 Å². The molecule has 5 heteroatoms. The van der Waals surface area contributed by atoms with Crippen molar-refractivity contribution in [3.8, 4) is 0 Å². The lowest BCUT2D eigenvalue weighted by Crippen LogP contribution is -2.29. The number of nitrogens with zero attached hydrogens (tertiary/aromatic N) is 2. The van der Waals surface area contributed by atoms with Gasteiger partial charge in [-0.3, -0.25) is 4.79 Å². The predicted molar refractivity (Wildman–Crippen MR) is 139 cm³/mol. The molecule has 180 valence electrons. The molecule has 1 fully saturated rings. The average Bonchev–Trinajstić information content (AvgIpc) is 3.39. The smallest absolute Gasteiger partial charge is 0.168 e. The standard InChI is InChI=1S/C29H35ClN2O2/c1-31-15-6-11-25(31)18-32-19-27(26-13-12-24(30)17-28(26)32)29(33)22-9-4-2-7-21-8-3-5-10-23(21)20-34-16-14-22/h3,5,8,10,12-13,17,19,22,25H,2,4,6-7,9,11,14-16,18,20H2,1H3/t22?,25-/m0/s1. The number of hydrogen-bond acceptors (Lipinski definition) is 3. The Balaban J connectivity index is 1.37. The normalized spacial score (nSPS) is 22.4. The summed E-state index contributed by atoms with van der Waals surface area (Å²) < 4.78 is 8.30. The fourth-order valence-corrected chi connectivity index (χ4v) is 5.90. The fourth-order valence-electron chi connectivity index (χ4n) is 5.73. The lowest BCUT2D eigenvalue weighted by Gasteiger charge is -2.20. The van der Waals surface area contributed by atoms with E-state index in [0.717, 1.165) is 61.7 Å². The van der Waals surface area contributed by atoms with Crippen LogP contribution in [0.2, 0.25) is 5.02 Å². The molecule has 2 aliphatic heterocycles. The number of aryl methyl sites for hydroxylation is 1. The molecule has 5 rings (SSSR count). The Morgan fingerprint density at radius 3 is 2.74 bits per heavy atom. The summed E-state index contributed by atoms with van der Waals surface area (Å²) in [6.45, 7) is 3.28. The van der Waals surface area contributed by atoms with Crippen LogP contribution in [-0.4, -0.2) is 41.5 Å². The molecule has 3 aromatic rings. The zero-order valence-electron chi connectivity index (χ0n) is 20.1. The molecule has 3 heterocycles. The summed E-state index contributed by atoms with van der Waals surface area (Å²) in [6, 6.07) is 15.0. The van der Waals surface area contributed by atoms with Crippen molar-refractivity contribution >= 4 is 28.3 Å². The number of carbonyl (C=O) groups is 1. The first kappa shape index (κ1) is 23.6. The van der Waals surface area contributed by atoms with Crippen LogP contribution in [0.1, 0.15) is 60.0 Å². The van der Waals surface area contributed by atoms with Gasteiger partial charge in [-0.2, -0.15) is 0 Å². The van der Waals surface area contributed by atoms with E-state index in [1.807, 2.05) is 18.2 Å². The fraction of sp³-hybridized carbons (Fsp3) is 0.483. The topological polar surface area (TPSA) is 34.5 Å². The Hall–Kier alpha value is -2.14. The van der Waals surface area contributed by atoms with Gasteiger partial charge in [0.05, 0.1) is 12.1 Å². The van der Waals surface area contributed by atoms with Crippen LogP contribution in [0.25, 0.3) is 10.9 Å². The van der Waals surface area contributed by atoms with Crippen LogP contribution < -0.4 is 0 Å². The number of Topliss-reactive ketones (excluding diaryl/α,β-unsaturated/α-hetero) is 1. The van der Waals surface area contributed by atoms with Crippen molar-refractivity contribution in [2.45, 2.75) is 64.1 Å². The SMILES string of the molecule is CN1CCC[C@H]1Cn1cc(C(=O)C2CCCCc3ccccc3COCC2)c2ccc(Cl)cc21. The molecule has 0 amide bonds. The van der Waals surface area contributed by atoms with Gasteiger partial charge in [-0.15, -0.1) is 0 Å². The van der Waals surface area contributed by atoms with Crippen LogP contribution in [0, 0.1) is 5.92 Å². The molecular weight excluding hydrogens is 444 g/mol. The second-order valence-electron chi connectivity index (χ2n) is 10.1. The van der Waals surface area contributed by atoms with Crippen LogP contribution in [0.5, 0.6) is 0 Å². The molecule has 1 aromatic heterocycles. The largest absolute Gasteiger partial charge is 0.377 e. The van der Waals surface area contributed by atoms with Gasteiger partial charge in [0.25, 0.3) is 0 Å². The highest BCUT2D eigenvalue weighted by Gasteiger charge is 2.26. The van der Waals surface area contributed by atoms with E-state index < -0.39 is 0 Å². The molecule has 2 aromatic carbocycles. The lowest BCUT2D eigenvalue weighted by molar-refractivity contribution is 0.0799. The minimum absolute atomic E-state index is 0.00917. The second kappa shape index (κ2) is 10.6. The molecular formula is C29H35ClN2O2. The first-order valence-corrected chi connectivity index (χ1v) is 13.2. The highest BCUT2D eigenvalue weighted by Crippen LogP contribution is 2.31. The van der Waals surface area contributed by atoms with Gasteiger partial charge < -0.3 is 14.2 Å². The number of fused-ring (bicyclic) bond motifs is 2. The van der Waals surface area contributed by atoms with Gasteiger partial charge in [0.15, 0.2) is 5.78 Å². The van der Waals surface area contributed by atoms with Gasteiger partial charge in [0, 0.05) is 47.3 Å². The summed E-state index contributed by atoms with van der Waals surface area (Å²) in [5, 5.41) is 1.74. The zero-order valence-corrected chi connectivity index (χ0v) is 20.9. The van der Waals surface area contributed by atoms with Crippen molar-refractivity contribution in [2.24, 2.45) is 5.92 Å². The first-order valence-electron chi connectivity index (χ1n) is 12.8. The molecule has 0 spiro atoms. The highest BCUT2D eigenvalue weighted by atomic mass is 35.5. The third-order valence-corrected chi connectivity index (χ3v) is 8.03. The summed E-state index contributed by atoms with van der Waals surface area (Å²) in [7, 11) is 2.20. The van der Waals surface area contributed by atoms with Gasteiger partial charge >= 0.3 is 0 Å². The maximum Gasteiger partial charge on any atom is 0.168 e. The quantitative estimate of drug-likeness (QED) is 0.400. The van der Waals surface area contributed by atoms with Crippen LogP contribution in [0.15, 0.2) is 48.7 Å². The number of ether oxygens (including phenoxy) is 1. The zero-order chi connectivity index (χ0) is 23.5. The molecule has 0 saturated carbocycles. The van der Waals surface area contributed by atoms with Gasteiger partial charge in [-0.25, -0.2) is 0 Å². The second-order valence-corrected chi connectivity index (χ2v) is 10.5. The molecule has 0 aliphatic carbocycles. The Labute approximate surface area is 207 Å². The maximum absolute atomic E-state index is 13.9. The number of likely N-dealkylation sites (N-methyl/N-ethyl adjacent to an activating group) is 1. The highest BCUT2D eigenvalue weighted by molar-refractivity contribution is 6.31. The summed E-state index contributed by atoms with van der Waals surface area (Å²) >= 11 is 6.38. The third kappa shape index (κ3) is 5.10. The van der Waals surface area contributed by atoms with E-state index in [9.17, 15) is 4.79 Å². The van der Waals surface area contributed by atoms with E-state index in [1.54, 1.807) is 0 Å². The Morgan fingerprint density at radius 2 is 1.91 bits per heavy atom. The summed E-state index contributed by atoms with van der Waals surface area (Å²) in [6.07, 6.45) is 9.42. The van der Waals surface area contributed by atoms with Gasteiger partial charge in [-0.05, 0) is 75.4 Å². The number of aromatic nitrogens is 1. The maximum atomic E-state index is 13.9. The van der Waals surface area contributed by atoms with Crippen molar-refractivity contribution < 1.29 is 9.53 Å². The monoisotopic (exact) mass is 478 g/mol. The van der Waals surface area contributed by atoms with E-state index in [-0.39, 0.29) is 11.7 Å². The number of halogens is 1. The van der Waals surface area contributed by atoms with Gasteiger partial charge in [0.1, 0.15) is 0 Å². The van der Waals surface area contributed by atoms with Crippen molar-refractivity contribution in [1.82, 2.24) is 9.47 Å². The van der Waals surface area contributed by atoms with Crippen molar-refractivity contribution in [2.75, 3.05) is 20.2 Å². The summed E-state index contributed by atoms with van der Waals surface area (Å²) in [4.78, 5) is 16.3. The number of benzene rings is 2. The van der Waals surface area contributed by atoms with Crippen LogP contribution >= 0.6 is 11.6 Å². The molecule has 0 N–H and O–H groups in total. The minimum Gasteiger partial charge on any atom is -0.377 e. The molecule has 2 atom stereocenters. The first-order chi connectivity index (χ1) is 16.6. The number of rotatable bonds is 4. The predicted octanol–water partition coefficient (Wildman–Crippen LogP) is 6.52. The average molecular weight is 479 g/mol. The number of carbonyl (C=O) groups excluding carboxylic acids is 1. The third-order valence-electron chi connectivity index (χ3n) is 7.79. The van der Waals surface area contributed by atoms with Gasteiger partial charge in [0.2, 0.25) is 0 Å². The number of likely N-dealkylation sites (tertiary alicyclic amines) is 1. The molecule has 2 aliphatic rings. The van der Waals surface area contributed by atoms with Crippen LogP contribution in [-0.2, 0) is 24.3 Å². The molecule has 4 nitrogen and oxygen atoms in total. The summed E-state index contributed by atoms with van der Waals surface area (Å²) in [5.41, 5.74) is 4.57. The summed E-state index contributed by atoms with van der Waals surface area (Å²) in [5.74, 6) is 0.247. The van der Waals surface area contributed by atoms with Crippen LogP contribution in [0.3, 0.4) is 0 Å². The number of ketones is 1. The molecule has 0 bridgehead atoms. The molecule has 1 unspecified atom stereocenters. The van der Waals surface area contributed by atoms with Gasteiger partial charge in [-0.1, -0.05) is 48.4 Å². The minimum atomic E-state index is -0.00917. The van der Waals surface area contributed by atoms with E-state index in [0.29, 0.717) is 24.3 Å². The Bertz CT molecular complexity index is 1120. The van der Waals surface area contributed by atoms with Crippen molar-refractivity contribution in [1.29, 1.82) is 0 Å². The molecule has 1 saturated heterocycles. The van der Waals surface area contributed by atoms with Crippen molar-refractivity contribution in [3.05, 3.63) is 70.4 Å². The van der Waals surface area contributed by atoms with E-state index >= 15 is 0 Å². The van der Waals surface area contributed by atoms with E-state index in [1.165, 1.54) is 24.0 Å². The molecule has 0 radical (unpaired) electrons. The Kier molecular flexibility index (Phi) is 7.38. The number of hydrogen-bond donors (Lipinski definition) is 0. The van der Waals surface area contributed by atoms with Crippen LogP contribution in [0.4, 0.5) is 0 Å². The lowest BCUT2D eigenvalue weighted by atomic mass is 9.89. The van der Waals surface area contributed by atoms with Crippen molar-refractivity contribution in [3.63, 3.8) is 0 Å².